The van der Waals surface area contributed by atoms with E-state index in [-0.39, 0.29) is 0 Å². The Balaban J connectivity index is 2.01. The van der Waals surface area contributed by atoms with E-state index < -0.39 is 0 Å². The van der Waals surface area contributed by atoms with Crippen LogP contribution in [0.1, 0.15) is 11.4 Å². The Hall–Kier alpha value is -2.94. The highest BCUT2D eigenvalue weighted by Crippen LogP contribution is 2.25. The van der Waals surface area contributed by atoms with Crippen LogP contribution in [0.4, 0.5) is 5.69 Å². The Labute approximate surface area is 115 Å². The zero-order chi connectivity index (χ0) is 13.9. The molecule has 3 aromatic rings. The molecule has 1 N–H and O–H groups in total. The van der Waals surface area contributed by atoms with Crippen molar-refractivity contribution in [2.75, 3.05) is 5.32 Å². The van der Waals surface area contributed by atoms with E-state index in [1.54, 1.807) is 12.5 Å². The molecule has 0 atom stereocenters. The molecule has 0 unspecified atom stereocenters. The summed E-state index contributed by atoms with van der Waals surface area (Å²) in [6.07, 6.45) is 3.23. The van der Waals surface area contributed by atoms with Crippen LogP contribution in [0.25, 0.3) is 10.9 Å². The summed E-state index contributed by atoms with van der Waals surface area (Å²) in [5, 5.41) is 21.3. The molecule has 0 saturated heterocycles. The lowest BCUT2D eigenvalue weighted by Crippen LogP contribution is -2.07. The van der Waals surface area contributed by atoms with Gasteiger partial charge in [-0.3, -0.25) is 4.98 Å². The molecule has 20 heavy (non-hydrogen) atoms. The number of anilines is 1. The van der Waals surface area contributed by atoms with E-state index in [1.165, 1.54) is 0 Å². The van der Waals surface area contributed by atoms with E-state index in [9.17, 15) is 5.26 Å². The molecule has 0 spiro atoms. The molecule has 0 aliphatic carbocycles. The second kappa shape index (κ2) is 4.97. The van der Waals surface area contributed by atoms with Gasteiger partial charge in [-0.2, -0.15) is 5.26 Å². The molecule has 3 rings (SSSR count). The fraction of sp³-hybridized carbons (Fsp3) is 0.143. The Bertz CT molecular complexity index is 799. The van der Waals surface area contributed by atoms with Gasteiger partial charge in [-0.15, -0.1) is 10.2 Å². The van der Waals surface area contributed by atoms with E-state index >= 15 is 0 Å². The van der Waals surface area contributed by atoms with Gasteiger partial charge in [-0.05, 0) is 6.07 Å². The molecule has 0 aliphatic rings. The van der Waals surface area contributed by atoms with Crippen molar-refractivity contribution in [1.82, 2.24) is 19.7 Å². The molecular formula is C14H12N6. The van der Waals surface area contributed by atoms with Gasteiger partial charge in [-0.1, -0.05) is 18.2 Å². The maximum atomic E-state index is 9.23. The van der Waals surface area contributed by atoms with Crippen molar-refractivity contribution in [2.24, 2.45) is 7.05 Å². The summed E-state index contributed by atoms with van der Waals surface area (Å²) in [7, 11) is 1.88. The highest BCUT2D eigenvalue weighted by Gasteiger charge is 2.09. The molecule has 0 aliphatic heterocycles. The van der Waals surface area contributed by atoms with Crippen molar-refractivity contribution in [3.63, 3.8) is 0 Å². The third-order valence-corrected chi connectivity index (χ3v) is 3.12. The first-order valence-corrected chi connectivity index (χ1v) is 6.14. The quantitative estimate of drug-likeness (QED) is 0.781. The minimum atomic E-state index is 0.499. The third kappa shape index (κ3) is 2.06. The SMILES string of the molecule is Cn1cnnc1CNc1c(C#N)cnc2ccccc12. The van der Waals surface area contributed by atoms with Gasteiger partial charge in [0.05, 0.1) is 23.3 Å². The molecule has 0 amide bonds. The van der Waals surface area contributed by atoms with Crippen molar-refractivity contribution in [2.45, 2.75) is 6.54 Å². The average Bonchev–Trinajstić information content (AvgIpc) is 2.90. The van der Waals surface area contributed by atoms with Gasteiger partial charge in [0.2, 0.25) is 0 Å². The Morgan fingerprint density at radius 1 is 1.35 bits per heavy atom. The highest BCUT2D eigenvalue weighted by atomic mass is 15.3. The van der Waals surface area contributed by atoms with Crippen LogP contribution in [0.15, 0.2) is 36.8 Å². The van der Waals surface area contributed by atoms with Crippen molar-refractivity contribution in [3.05, 3.63) is 48.2 Å². The van der Waals surface area contributed by atoms with Crippen molar-refractivity contribution >= 4 is 16.6 Å². The lowest BCUT2D eigenvalue weighted by Gasteiger charge is -2.10. The summed E-state index contributed by atoms with van der Waals surface area (Å²) in [5.41, 5.74) is 2.15. The maximum absolute atomic E-state index is 9.23. The number of nitrogens with zero attached hydrogens (tertiary/aromatic N) is 5. The zero-order valence-electron chi connectivity index (χ0n) is 10.9. The molecule has 6 nitrogen and oxygen atoms in total. The van der Waals surface area contributed by atoms with Crippen molar-refractivity contribution in [3.8, 4) is 6.07 Å². The maximum Gasteiger partial charge on any atom is 0.151 e. The molecule has 6 heteroatoms. The van der Waals surface area contributed by atoms with E-state index in [0.717, 1.165) is 22.4 Å². The fourth-order valence-corrected chi connectivity index (χ4v) is 2.05. The van der Waals surface area contributed by atoms with Gasteiger partial charge in [0.15, 0.2) is 5.82 Å². The van der Waals surface area contributed by atoms with Crippen molar-refractivity contribution < 1.29 is 0 Å². The predicted molar refractivity (Wildman–Crippen MR) is 74.8 cm³/mol. The van der Waals surface area contributed by atoms with Gasteiger partial charge >= 0.3 is 0 Å². The van der Waals surface area contributed by atoms with E-state index in [4.69, 9.17) is 0 Å². The standard InChI is InChI=1S/C14H12N6/c1-20-9-18-19-13(20)8-17-14-10(6-15)7-16-12-5-3-2-4-11(12)14/h2-5,7,9H,8H2,1H3,(H,16,17). The van der Waals surface area contributed by atoms with Gasteiger partial charge < -0.3 is 9.88 Å². The van der Waals surface area contributed by atoms with E-state index in [1.807, 2.05) is 35.9 Å². The first-order valence-electron chi connectivity index (χ1n) is 6.14. The average molecular weight is 264 g/mol. The molecule has 1 aromatic carbocycles. The summed E-state index contributed by atoms with van der Waals surface area (Å²) in [6.45, 7) is 0.499. The topological polar surface area (TPSA) is 79.4 Å². The summed E-state index contributed by atoms with van der Waals surface area (Å²) in [6, 6.07) is 9.89. The second-order valence-corrected chi connectivity index (χ2v) is 4.39. The molecule has 0 radical (unpaired) electrons. The molecule has 0 bridgehead atoms. The summed E-state index contributed by atoms with van der Waals surface area (Å²) in [5.74, 6) is 0.801. The fourth-order valence-electron chi connectivity index (χ4n) is 2.05. The number of para-hydroxylation sites is 1. The van der Waals surface area contributed by atoms with Crippen molar-refractivity contribution in [1.29, 1.82) is 5.26 Å². The largest absolute Gasteiger partial charge is 0.376 e. The normalized spacial score (nSPS) is 10.4. The summed E-state index contributed by atoms with van der Waals surface area (Å²) in [4.78, 5) is 4.28. The summed E-state index contributed by atoms with van der Waals surface area (Å²) < 4.78 is 1.84. The molecule has 0 fully saturated rings. The summed E-state index contributed by atoms with van der Waals surface area (Å²) >= 11 is 0. The third-order valence-electron chi connectivity index (χ3n) is 3.12. The second-order valence-electron chi connectivity index (χ2n) is 4.39. The number of nitriles is 1. The zero-order valence-corrected chi connectivity index (χ0v) is 10.9. The lowest BCUT2D eigenvalue weighted by atomic mass is 10.1. The smallest absolute Gasteiger partial charge is 0.151 e. The van der Waals surface area contributed by atoms with Crippen LogP contribution in [0, 0.1) is 11.3 Å². The number of hydrogen-bond acceptors (Lipinski definition) is 5. The lowest BCUT2D eigenvalue weighted by molar-refractivity contribution is 0.812. The molecular weight excluding hydrogens is 252 g/mol. The Morgan fingerprint density at radius 2 is 2.20 bits per heavy atom. The molecule has 0 saturated carbocycles. The van der Waals surface area contributed by atoms with Crippen LogP contribution in [0.2, 0.25) is 0 Å². The Morgan fingerprint density at radius 3 is 2.95 bits per heavy atom. The van der Waals surface area contributed by atoms with Crippen LogP contribution in [0.5, 0.6) is 0 Å². The first-order chi connectivity index (χ1) is 9.79. The van der Waals surface area contributed by atoms with Crippen LogP contribution >= 0.6 is 0 Å². The number of rotatable bonds is 3. The molecule has 98 valence electrons. The number of nitrogens with one attached hydrogen (secondary N) is 1. The minimum Gasteiger partial charge on any atom is -0.376 e. The van der Waals surface area contributed by atoms with Gasteiger partial charge in [0.1, 0.15) is 12.4 Å². The Kier molecular flexibility index (Phi) is 3.01. The van der Waals surface area contributed by atoms with Crippen LogP contribution in [0.3, 0.4) is 0 Å². The number of fused-ring (bicyclic) bond motifs is 1. The number of aromatic nitrogens is 4. The number of benzene rings is 1. The van der Waals surface area contributed by atoms with Gasteiger partial charge in [0, 0.05) is 18.6 Å². The van der Waals surface area contributed by atoms with Gasteiger partial charge in [0.25, 0.3) is 0 Å². The number of pyridine rings is 1. The first kappa shape index (κ1) is 12.1. The molecule has 2 aromatic heterocycles. The minimum absolute atomic E-state index is 0.499. The number of aryl methyl sites for hydroxylation is 1. The highest BCUT2D eigenvalue weighted by molar-refractivity contribution is 5.93. The van der Waals surface area contributed by atoms with E-state index in [0.29, 0.717) is 12.1 Å². The van der Waals surface area contributed by atoms with Crippen LogP contribution in [-0.2, 0) is 13.6 Å². The van der Waals surface area contributed by atoms with Crippen LogP contribution in [-0.4, -0.2) is 19.7 Å². The van der Waals surface area contributed by atoms with Gasteiger partial charge in [-0.25, -0.2) is 0 Å². The predicted octanol–water partition coefficient (Wildman–Crippen LogP) is 1.85. The van der Waals surface area contributed by atoms with E-state index in [2.05, 4.69) is 26.6 Å². The number of hydrogen-bond donors (Lipinski definition) is 1. The monoisotopic (exact) mass is 264 g/mol. The molecule has 2 heterocycles. The van der Waals surface area contributed by atoms with Crippen LogP contribution < -0.4 is 5.32 Å².